The second kappa shape index (κ2) is 9.88. The molecule has 2 N–H and O–H groups in total. The number of methoxy groups -OCH3 is 1. The number of carbonyl (C=O) groups excluding carboxylic acids is 3. The Labute approximate surface area is 169 Å². The molecule has 0 aliphatic rings. The van der Waals surface area contributed by atoms with Gasteiger partial charge < -0.3 is 24.5 Å². The van der Waals surface area contributed by atoms with Gasteiger partial charge in [0.05, 0.1) is 18.2 Å². The Hall–Kier alpha value is -3.13. The van der Waals surface area contributed by atoms with Crippen LogP contribution in [0.15, 0.2) is 30.3 Å². The zero-order valence-corrected chi connectivity index (χ0v) is 17.1. The van der Waals surface area contributed by atoms with Gasteiger partial charge in [0.2, 0.25) is 5.78 Å². The van der Waals surface area contributed by atoms with Crippen LogP contribution in [0.3, 0.4) is 0 Å². The smallest absolute Gasteiger partial charge is 0.338 e. The number of hydrogen-bond donors (Lipinski definition) is 1. The number of hydrogen-bond acceptors (Lipinski definition) is 6. The minimum absolute atomic E-state index is 0.0828. The van der Waals surface area contributed by atoms with Crippen molar-refractivity contribution in [2.45, 2.75) is 26.8 Å². The summed E-state index contributed by atoms with van der Waals surface area (Å²) < 4.78 is 17.5. The molecule has 8 heteroatoms. The number of benzene rings is 1. The number of ether oxygens (including phenoxy) is 3. The summed E-state index contributed by atoms with van der Waals surface area (Å²) in [5, 5.41) is 0. The molecule has 2 aromatic rings. The molecular formula is C21H26N2O6. The van der Waals surface area contributed by atoms with E-state index in [1.807, 2.05) is 25.3 Å². The zero-order valence-electron chi connectivity index (χ0n) is 17.1. The average molecular weight is 402 g/mol. The Morgan fingerprint density at radius 1 is 1.10 bits per heavy atom. The van der Waals surface area contributed by atoms with E-state index in [1.54, 1.807) is 13.2 Å². The first-order valence-electron chi connectivity index (χ1n) is 9.13. The number of aryl methyl sites for hydroxylation is 1. The largest absolute Gasteiger partial charge is 0.484 e. The van der Waals surface area contributed by atoms with Gasteiger partial charge in [-0.25, -0.2) is 4.79 Å². The van der Waals surface area contributed by atoms with Crippen molar-refractivity contribution in [3.8, 4) is 5.75 Å². The number of ketones is 1. The lowest BCUT2D eigenvalue weighted by Gasteiger charge is -2.17. The predicted molar refractivity (Wildman–Crippen MR) is 106 cm³/mol. The lowest BCUT2D eigenvalue weighted by Crippen LogP contribution is -2.20. The molecule has 0 spiro atoms. The van der Waals surface area contributed by atoms with Crippen LogP contribution in [-0.4, -0.2) is 49.2 Å². The van der Waals surface area contributed by atoms with E-state index in [0.29, 0.717) is 17.9 Å². The van der Waals surface area contributed by atoms with Crippen molar-refractivity contribution in [1.82, 2.24) is 4.57 Å². The number of amides is 1. The van der Waals surface area contributed by atoms with E-state index in [1.165, 1.54) is 24.3 Å². The normalized spacial score (nSPS) is 11.7. The fraction of sp³-hybridized carbons (Fsp3) is 0.381. The molecule has 0 saturated carbocycles. The average Bonchev–Trinajstić information content (AvgIpc) is 2.99. The first-order valence-corrected chi connectivity index (χ1v) is 9.13. The monoisotopic (exact) mass is 402 g/mol. The maximum atomic E-state index is 12.6. The fourth-order valence-electron chi connectivity index (χ4n) is 3.19. The molecule has 1 aromatic heterocycles. The quantitative estimate of drug-likeness (QED) is 0.482. The van der Waals surface area contributed by atoms with Gasteiger partial charge in [-0.1, -0.05) is 0 Å². The lowest BCUT2D eigenvalue weighted by atomic mass is 10.1. The van der Waals surface area contributed by atoms with Crippen molar-refractivity contribution in [1.29, 1.82) is 0 Å². The first kappa shape index (κ1) is 22.2. The minimum atomic E-state index is -0.624. The molecule has 1 heterocycles. The number of carbonyl (C=O) groups is 3. The van der Waals surface area contributed by atoms with Gasteiger partial charge in [0.25, 0.3) is 5.91 Å². The van der Waals surface area contributed by atoms with Crippen LogP contribution >= 0.6 is 0 Å². The highest BCUT2D eigenvalue weighted by molar-refractivity contribution is 6.00. The molecule has 0 bridgehead atoms. The standard InChI is InChI=1S/C21H26N2O6/c1-13-9-18(15(3)23(13)14(2)10-27-4)19(24)11-29-21(26)16-5-7-17(8-6-16)28-12-20(22)25/h5-9,14H,10-12H2,1-4H3,(H2,22,25)/t14-/m0/s1. The van der Waals surface area contributed by atoms with E-state index in [0.717, 1.165) is 11.4 Å². The number of primary amides is 1. The maximum absolute atomic E-state index is 12.6. The van der Waals surface area contributed by atoms with Crippen molar-refractivity contribution in [3.63, 3.8) is 0 Å². The van der Waals surface area contributed by atoms with Crippen LogP contribution in [0, 0.1) is 13.8 Å². The Balaban J connectivity index is 1.99. The third-order valence-electron chi connectivity index (χ3n) is 4.44. The molecule has 2 rings (SSSR count). The summed E-state index contributed by atoms with van der Waals surface area (Å²) in [4.78, 5) is 35.5. The SMILES string of the molecule is COC[C@H](C)n1c(C)cc(C(=O)COC(=O)c2ccc(OCC(N)=O)cc2)c1C. The fourth-order valence-corrected chi connectivity index (χ4v) is 3.19. The number of esters is 1. The minimum Gasteiger partial charge on any atom is -0.484 e. The highest BCUT2D eigenvalue weighted by atomic mass is 16.5. The third kappa shape index (κ3) is 5.68. The van der Waals surface area contributed by atoms with Crippen LogP contribution in [0.4, 0.5) is 0 Å². The van der Waals surface area contributed by atoms with Crippen molar-refractivity contribution in [2.75, 3.05) is 26.9 Å². The van der Waals surface area contributed by atoms with Gasteiger partial charge in [0, 0.05) is 24.1 Å². The van der Waals surface area contributed by atoms with Gasteiger partial charge >= 0.3 is 5.97 Å². The van der Waals surface area contributed by atoms with Gasteiger partial charge in [-0.05, 0) is 51.1 Å². The van der Waals surface area contributed by atoms with E-state index in [4.69, 9.17) is 19.9 Å². The molecule has 0 aliphatic carbocycles. The van der Waals surface area contributed by atoms with Gasteiger partial charge in [0.1, 0.15) is 5.75 Å². The number of nitrogens with two attached hydrogens (primary N) is 1. The molecule has 0 saturated heterocycles. The molecule has 0 fully saturated rings. The molecular weight excluding hydrogens is 376 g/mol. The van der Waals surface area contributed by atoms with Gasteiger partial charge in [-0.15, -0.1) is 0 Å². The molecule has 156 valence electrons. The van der Waals surface area contributed by atoms with Crippen molar-refractivity contribution in [2.24, 2.45) is 5.73 Å². The van der Waals surface area contributed by atoms with Crippen LogP contribution in [0.5, 0.6) is 5.75 Å². The molecule has 8 nitrogen and oxygen atoms in total. The molecule has 1 aromatic carbocycles. The van der Waals surface area contributed by atoms with Crippen LogP contribution in [0.25, 0.3) is 0 Å². The Bertz CT molecular complexity index is 885. The van der Waals surface area contributed by atoms with Crippen molar-refractivity contribution >= 4 is 17.7 Å². The molecule has 1 amide bonds. The third-order valence-corrected chi connectivity index (χ3v) is 4.44. The van der Waals surface area contributed by atoms with Crippen LogP contribution in [-0.2, 0) is 14.3 Å². The zero-order chi connectivity index (χ0) is 21.6. The predicted octanol–water partition coefficient (Wildman–Crippen LogP) is 2.22. The highest BCUT2D eigenvalue weighted by Gasteiger charge is 2.20. The molecule has 0 unspecified atom stereocenters. The number of nitrogens with zero attached hydrogens (tertiary/aromatic N) is 1. The molecule has 0 radical (unpaired) electrons. The number of Topliss-reactive ketones (excluding diaryl/α,β-unsaturated/α-hetero) is 1. The Morgan fingerprint density at radius 3 is 2.34 bits per heavy atom. The van der Waals surface area contributed by atoms with Crippen molar-refractivity contribution < 1.29 is 28.6 Å². The summed E-state index contributed by atoms with van der Waals surface area (Å²) in [5.41, 5.74) is 7.55. The summed E-state index contributed by atoms with van der Waals surface area (Å²) >= 11 is 0. The van der Waals surface area contributed by atoms with E-state index in [2.05, 4.69) is 0 Å². The Kier molecular flexibility index (Phi) is 7.55. The maximum Gasteiger partial charge on any atom is 0.338 e. The summed E-state index contributed by atoms with van der Waals surface area (Å²) in [6, 6.07) is 7.89. The second-order valence-electron chi connectivity index (χ2n) is 6.74. The van der Waals surface area contributed by atoms with E-state index in [-0.39, 0.29) is 30.6 Å². The summed E-state index contributed by atoms with van der Waals surface area (Å²) in [7, 11) is 1.63. The summed E-state index contributed by atoms with van der Waals surface area (Å²) in [6.45, 7) is 5.71. The lowest BCUT2D eigenvalue weighted by molar-refractivity contribution is -0.119. The van der Waals surface area contributed by atoms with Crippen LogP contribution in [0.1, 0.15) is 45.1 Å². The van der Waals surface area contributed by atoms with E-state index < -0.39 is 11.9 Å². The summed E-state index contributed by atoms with van der Waals surface area (Å²) in [6.07, 6.45) is 0. The van der Waals surface area contributed by atoms with Crippen LogP contribution in [0.2, 0.25) is 0 Å². The number of aromatic nitrogens is 1. The highest BCUT2D eigenvalue weighted by Crippen LogP contribution is 2.21. The second-order valence-corrected chi connectivity index (χ2v) is 6.74. The number of rotatable bonds is 10. The van der Waals surface area contributed by atoms with Crippen molar-refractivity contribution in [3.05, 3.63) is 52.8 Å². The Morgan fingerprint density at radius 2 is 1.76 bits per heavy atom. The molecule has 1 atom stereocenters. The molecule has 0 aliphatic heterocycles. The van der Waals surface area contributed by atoms with E-state index >= 15 is 0 Å². The molecule has 29 heavy (non-hydrogen) atoms. The summed E-state index contributed by atoms with van der Waals surface area (Å²) in [5.74, 6) is -1.10. The van der Waals surface area contributed by atoms with Crippen LogP contribution < -0.4 is 10.5 Å². The first-order chi connectivity index (χ1) is 13.7. The van der Waals surface area contributed by atoms with Gasteiger partial charge in [-0.2, -0.15) is 0 Å². The van der Waals surface area contributed by atoms with Gasteiger partial charge in [-0.3, -0.25) is 9.59 Å². The topological polar surface area (TPSA) is 110 Å². The van der Waals surface area contributed by atoms with Gasteiger partial charge in [0.15, 0.2) is 13.2 Å². The van der Waals surface area contributed by atoms with E-state index in [9.17, 15) is 14.4 Å².